The SMILES string of the molecule is C=C1/C=C2\C(=C/CC(C)(C)c3cc(N(c4ccccc4)c4ccccc4)cc(C)c31)c1c(C)cc(N(c3ccccc3)c3ccccc3)cc1C2(C)C. The lowest BCUT2D eigenvalue weighted by Crippen LogP contribution is -2.20. The van der Waals surface area contributed by atoms with E-state index in [9.17, 15) is 0 Å². The lowest BCUT2D eigenvalue weighted by Gasteiger charge is -2.32. The van der Waals surface area contributed by atoms with E-state index in [4.69, 9.17) is 6.58 Å². The molecule has 0 N–H and O–H groups in total. The van der Waals surface area contributed by atoms with Crippen molar-refractivity contribution in [3.05, 3.63) is 203 Å². The Hall–Kier alpha value is -5.86. The van der Waals surface area contributed by atoms with Gasteiger partial charge in [-0.3, -0.25) is 0 Å². The minimum absolute atomic E-state index is 0.160. The highest BCUT2D eigenvalue weighted by Crippen LogP contribution is 2.55. The topological polar surface area (TPSA) is 6.48 Å². The van der Waals surface area contributed by atoms with Gasteiger partial charge in [-0.15, -0.1) is 0 Å². The Morgan fingerprint density at radius 2 is 0.887 bits per heavy atom. The van der Waals surface area contributed by atoms with E-state index in [1.165, 1.54) is 50.2 Å². The first-order valence-electron chi connectivity index (χ1n) is 18.8. The maximum absolute atomic E-state index is 4.83. The van der Waals surface area contributed by atoms with Gasteiger partial charge in [0.15, 0.2) is 0 Å². The zero-order valence-corrected chi connectivity index (χ0v) is 31.8. The molecule has 0 aromatic heterocycles. The van der Waals surface area contributed by atoms with Crippen LogP contribution in [0.1, 0.15) is 67.5 Å². The van der Waals surface area contributed by atoms with E-state index >= 15 is 0 Å². The fourth-order valence-electron chi connectivity index (χ4n) is 8.61. The second-order valence-corrected chi connectivity index (χ2v) is 15.8. The Morgan fingerprint density at radius 1 is 0.491 bits per heavy atom. The third-order valence-electron chi connectivity index (χ3n) is 11.3. The van der Waals surface area contributed by atoms with Crippen LogP contribution in [0.15, 0.2) is 170 Å². The van der Waals surface area contributed by atoms with E-state index in [-0.39, 0.29) is 10.8 Å². The molecule has 0 spiro atoms. The largest absolute Gasteiger partial charge is 0.310 e. The molecule has 0 fully saturated rings. The van der Waals surface area contributed by atoms with Crippen molar-refractivity contribution < 1.29 is 0 Å². The van der Waals surface area contributed by atoms with Gasteiger partial charge in [0.1, 0.15) is 0 Å². The van der Waals surface area contributed by atoms with Crippen molar-refractivity contribution >= 4 is 45.3 Å². The third-order valence-corrected chi connectivity index (χ3v) is 11.3. The number of anilines is 6. The van der Waals surface area contributed by atoms with Crippen LogP contribution >= 0.6 is 0 Å². The fraction of sp³-hybridized carbons (Fsp3) is 0.176. The van der Waals surface area contributed by atoms with Gasteiger partial charge in [0.2, 0.25) is 0 Å². The maximum atomic E-state index is 4.83. The molecule has 6 aromatic carbocycles. The van der Waals surface area contributed by atoms with E-state index < -0.39 is 0 Å². The quantitative estimate of drug-likeness (QED) is 0.172. The van der Waals surface area contributed by atoms with Gasteiger partial charge < -0.3 is 9.80 Å². The zero-order chi connectivity index (χ0) is 36.9. The van der Waals surface area contributed by atoms with Gasteiger partial charge in [0.05, 0.1) is 0 Å². The summed E-state index contributed by atoms with van der Waals surface area (Å²) in [6.45, 7) is 18.9. The molecule has 53 heavy (non-hydrogen) atoms. The Labute approximate surface area is 316 Å². The maximum Gasteiger partial charge on any atom is 0.0467 e. The summed E-state index contributed by atoms with van der Waals surface area (Å²) in [5.74, 6) is 0. The molecule has 6 aromatic rings. The molecule has 0 bridgehead atoms. The molecule has 262 valence electrons. The summed E-state index contributed by atoms with van der Waals surface area (Å²) < 4.78 is 0. The standard InChI is InChI=1S/C51H48N2/c1-35-30-42(52(38-20-12-8-13-21-38)39-22-14-9-15-23-39)33-46-48(35)37(3)32-45-44(28-29-50(46,4)5)49-36(2)31-43(34-47(49)51(45,6)7)53(40-24-16-10-17-25-40)41-26-18-11-19-27-41/h8-28,30-34H,3,29H2,1-2,4-7H3/b44-28+,45-32+. The Morgan fingerprint density at radius 3 is 1.32 bits per heavy atom. The third kappa shape index (κ3) is 6.03. The number of para-hydroxylation sites is 4. The van der Waals surface area contributed by atoms with Crippen LogP contribution in [0.2, 0.25) is 0 Å². The summed E-state index contributed by atoms with van der Waals surface area (Å²) in [7, 11) is 0. The van der Waals surface area contributed by atoms with Crippen LogP contribution in [0.3, 0.4) is 0 Å². The van der Waals surface area contributed by atoms with Gasteiger partial charge in [-0.2, -0.15) is 0 Å². The van der Waals surface area contributed by atoms with Crippen molar-refractivity contribution in [3.8, 4) is 0 Å². The predicted octanol–water partition coefficient (Wildman–Crippen LogP) is 14.2. The van der Waals surface area contributed by atoms with Crippen molar-refractivity contribution in [3.63, 3.8) is 0 Å². The highest BCUT2D eigenvalue weighted by atomic mass is 15.1. The molecule has 2 heteroatoms. The van der Waals surface area contributed by atoms with Gasteiger partial charge >= 0.3 is 0 Å². The fourth-order valence-corrected chi connectivity index (χ4v) is 8.61. The number of nitrogens with zero attached hydrogens (tertiary/aromatic N) is 2. The molecule has 0 atom stereocenters. The van der Waals surface area contributed by atoms with E-state index in [2.05, 4.69) is 209 Å². The Balaban J connectivity index is 1.27. The highest BCUT2D eigenvalue weighted by molar-refractivity contribution is 5.97. The molecule has 2 aliphatic rings. The predicted molar refractivity (Wildman–Crippen MR) is 227 cm³/mol. The lowest BCUT2D eigenvalue weighted by atomic mass is 9.76. The summed E-state index contributed by atoms with van der Waals surface area (Å²) in [6.07, 6.45) is 5.82. The van der Waals surface area contributed by atoms with Crippen LogP contribution in [-0.2, 0) is 10.8 Å². The first kappa shape index (κ1) is 34.2. The van der Waals surface area contributed by atoms with Crippen LogP contribution in [0.25, 0.3) is 11.1 Å². The van der Waals surface area contributed by atoms with Crippen LogP contribution < -0.4 is 9.80 Å². The Bertz CT molecular complexity index is 2300. The van der Waals surface area contributed by atoms with E-state index in [1.807, 2.05) is 0 Å². The van der Waals surface area contributed by atoms with E-state index in [0.29, 0.717) is 0 Å². The molecule has 2 aliphatic carbocycles. The van der Waals surface area contributed by atoms with Crippen LogP contribution in [0, 0.1) is 13.8 Å². The van der Waals surface area contributed by atoms with Crippen LogP contribution in [0.4, 0.5) is 34.1 Å². The second kappa shape index (κ2) is 13.3. The number of benzene rings is 6. The van der Waals surface area contributed by atoms with Gasteiger partial charge in [-0.1, -0.05) is 119 Å². The molecule has 0 saturated heterocycles. The number of allylic oxidation sites excluding steroid dienone is 5. The van der Waals surface area contributed by atoms with E-state index in [0.717, 1.165) is 40.4 Å². The summed E-state index contributed by atoms with van der Waals surface area (Å²) >= 11 is 0. The normalized spacial score (nSPS) is 17.4. The van der Waals surface area contributed by atoms with Gasteiger partial charge in [0, 0.05) is 39.5 Å². The van der Waals surface area contributed by atoms with Crippen molar-refractivity contribution in [2.24, 2.45) is 0 Å². The molecule has 0 radical (unpaired) electrons. The first-order chi connectivity index (χ1) is 25.5. The molecular formula is C51H48N2. The number of hydrogen-bond donors (Lipinski definition) is 0. The van der Waals surface area contributed by atoms with Gasteiger partial charge in [-0.05, 0) is 149 Å². The van der Waals surface area contributed by atoms with Crippen molar-refractivity contribution in [1.82, 2.24) is 0 Å². The summed E-state index contributed by atoms with van der Waals surface area (Å²) in [5.41, 5.74) is 18.1. The number of rotatable bonds is 6. The molecule has 0 heterocycles. The molecule has 0 saturated carbocycles. The molecule has 0 aliphatic heterocycles. The van der Waals surface area contributed by atoms with Crippen molar-refractivity contribution in [1.29, 1.82) is 0 Å². The smallest absolute Gasteiger partial charge is 0.0467 e. The average Bonchev–Trinajstić information content (AvgIpc) is 3.39. The average molecular weight is 689 g/mol. The first-order valence-corrected chi connectivity index (χ1v) is 18.8. The van der Waals surface area contributed by atoms with E-state index in [1.54, 1.807) is 0 Å². The monoisotopic (exact) mass is 688 g/mol. The van der Waals surface area contributed by atoms with Crippen LogP contribution in [0.5, 0.6) is 0 Å². The molecule has 0 unspecified atom stereocenters. The molecular weight excluding hydrogens is 641 g/mol. The number of aryl methyl sites for hydroxylation is 2. The highest BCUT2D eigenvalue weighted by Gasteiger charge is 2.41. The second-order valence-electron chi connectivity index (χ2n) is 15.8. The molecule has 0 amide bonds. The van der Waals surface area contributed by atoms with Crippen molar-refractivity contribution in [2.45, 2.75) is 58.8 Å². The minimum Gasteiger partial charge on any atom is -0.310 e. The van der Waals surface area contributed by atoms with Gasteiger partial charge in [0.25, 0.3) is 0 Å². The number of hydrogen-bond acceptors (Lipinski definition) is 2. The summed E-state index contributed by atoms with van der Waals surface area (Å²) in [6, 6.07) is 52.4. The molecule has 8 rings (SSSR count). The van der Waals surface area contributed by atoms with Crippen LogP contribution in [-0.4, -0.2) is 0 Å². The summed E-state index contributed by atoms with van der Waals surface area (Å²) in [5, 5.41) is 0. The summed E-state index contributed by atoms with van der Waals surface area (Å²) in [4.78, 5) is 4.75. The minimum atomic E-state index is -0.232. The van der Waals surface area contributed by atoms with Gasteiger partial charge in [-0.25, -0.2) is 0 Å². The molecule has 2 nitrogen and oxygen atoms in total. The lowest BCUT2D eigenvalue weighted by molar-refractivity contribution is 0.533. The number of fused-ring (bicyclic) bond motifs is 4. The zero-order valence-electron chi connectivity index (χ0n) is 31.8. The Kier molecular flexibility index (Phi) is 8.58. The van der Waals surface area contributed by atoms with Crippen molar-refractivity contribution in [2.75, 3.05) is 9.80 Å².